The molecule has 0 unspecified atom stereocenters. The van der Waals surface area contributed by atoms with Gasteiger partial charge in [-0.1, -0.05) is 24.3 Å². The molecule has 0 saturated carbocycles. The minimum absolute atomic E-state index is 0.102. The highest BCUT2D eigenvalue weighted by molar-refractivity contribution is 7.89. The molecule has 138 valence electrons. The van der Waals surface area contributed by atoms with Gasteiger partial charge in [-0.25, -0.2) is 8.42 Å². The molecular formula is C19H22N2O4S. The smallest absolute Gasteiger partial charge is 0.243 e. The Labute approximate surface area is 153 Å². The van der Waals surface area contributed by atoms with Crippen LogP contribution in [0.3, 0.4) is 0 Å². The lowest BCUT2D eigenvalue weighted by atomic mass is 10.1. The number of nitrogens with zero attached hydrogens (tertiary/aromatic N) is 1. The predicted molar refractivity (Wildman–Crippen MR) is 100 cm³/mol. The van der Waals surface area contributed by atoms with Crippen LogP contribution in [0, 0.1) is 6.92 Å². The zero-order chi connectivity index (χ0) is 18.6. The van der Waals surface area contributed by atoms with Crippen LogP contribution in [0.4, 0.5) is 5.69 Å². The second-order valence-electron chi connectivity index (χ2n) is 6.19. The molecule has 0 amide bonds. The quantitative estimate of drug-likeness (QED) is 0.786. The van der Waals surface area contributed by atoms with Gasteiger partial charge >= 0.3 is 0 Å². The molecule has 3 rings (SSSR count). The van der Waals surface area contributed by atoms with E-state index in [0.29, 0.717) is 31.9 Å². The summed E-state index contributed by atoms with van der Waals surface area (Å²) in [6.45, 7) is 3.51. The molecule has 0 atom stereocenters. The van der Waals surface area contributed by atoms with Gasteiger partial charge in [0.2, 0.25) is 10.0 Å². The number of ketones is 1. The van der Waals surface area contributed by atoms with Crippen molar-refractivity contribution in [1.29, 1.82) is 0 Å². The number of ether oxygens (including phenoxy) is 1. The molecule has 0 bridgehead atoms. The standard InChI is InChI=1S/C19H22N2O4S/c1-15-4-2-6-17(12-15)20-14-19(22)16-5-3-7-18(13-16)26(23,24)21-8-10-25-11-9-21/h2-7,12-13,20H,8-11,14H2,1H3. The molecule has 0 radical (unpaired) electrons. The van der Waals surface area contributed by atoms with Crippen LogP contribution in [0.1, 0.15) is 15.9 Å². The SMILES string of the molecule is Cc1cccc(NCC(=O)c2cccc(S(=O)(=O)N3CCOCC3)c2)c1. The number of hydrogen-bond acceptors (Lipinski definition) is 5. The van der Waals surface area contributed by atoms with Gasteiger partial charge in [-0.2, -0.15) is 4.31 Å². The first kappa shape index (κ1) is 18.6. The molecule has 6 nitrogen and oxygen atoms in total. The van der Waals surface area contributed by atoms with E-state index in [9.17, 15) is 13.2 Å². The second-order valence-corrected chi connectivity index (χ2v) is 8.13. The third kappa shape index (κ3) is 4.30. The van der Waals surface area contributed by atoms with Gasteiger partial charge in [-0.05, 0) is 36.8 Å². The number of carbonyl (C=O) groups is 1. The first-order chi connectivity index (χ1) is 12.5. The summed E-state index contributed by atoms with van der Waals surface area (Å²) in [5.74, 6) is -0.162. The molecule has 2 aromatic carbocycles. The number of nitrogens with one attached hydrogen (secondary N) is 1. The largest absolute Gasteiger partial charge is 0.379 e. The number of carbonyl (C=O) groups excluding carboxylic acids is 1. The molecule has 1 aliphatic heterocycles. The van der Waals surface area contributed by atoms with Crippen LogP contribution in [0.5, 0.6) is 0 Å². The molecule has 0 aliphatic carbocycles. The maximum absolute atomic E-state index is 12.7. The number of anilines is 1. The van der Waals surface area contributed by atoms with Crippen molar-refractivity contribution in [1.82, 2.24) is 4.31 Å². The number of hydrogen-bond donors (Lipinski definition) is 1. The van der Waals surface area contributed by atoms with Crippen LogP contribution in [0.2, 0.25) is 0 Å². The normalized spacial score (nSPS) is 15.6. The lowest BCUT2D eigenvalue weighted by molar-refractivity contribution is 0.0730. The van der Waals surface area contributed by atoms with Crippen LogP contribution < -0.4 is 5.32 Å². The number of sulfonamides is 1. The number of rotatable bonds is 6. The summed E-state index contributed by atoms with van der Waals surface area (Å²) in [7, 11) is -3.61. The van der Waals surface area contributed by atoms with E-state index < -0.39 is 10.0 Å². The summed E-state index contributed by atoms with van der Waals surface area (Å²) in [5.41, 5.74) is 2.33. The van der Waals surface area contributed by atoms with Gasteiger partial charge in [-0.3, -0.25) is 4.79 Å². The summed E-state index contributed by atoms with van der Waals surface area (Å²) in [6, 6.07) is 13.9. The van der Waals surface area contributed by atoms with Crippen molar-refractivity contribution in [3.63, 3.8) is 0 Å². The topological polar surface area (TPSA) is 75.7 Å². The van der Waals surface area contributed by atoms with Gasteiger partial charge in [0.1, 0.15) is 0 Å². The third-order valence-electron chi connectivity index (χ3n) is 4.23. The Morgan fingerprint density at radius 3 is 2.58 bits per heavy atom. The fourth-order valence-electron chi connectivity index (χ4n) is 2.81. The van der Waals surface area contributed by atoms with Crippen LogP contribution in [0.15, 0.2) is 53.4 Å². The summed E-state index contributed by atoms with van der Waals surface area (Å²) < 4.78 is 32.0. The van der Waals surface area contributed by atoms with Crippen molar-refractivity contribution in [2.75, 3.05) is 38.2 Å². The number of benzene rings is 2. The van der Waals surface area contributed by atoms with E-state index >= 15 is 0 Å². The molecule has 1 aliphatic rings. The van der Waals surface area contributed by atoms with E-state index in [2.05, 4.69) is 5.32 Å². The van der Waals surface area contributed by atoms with Crippen molar-refractivity contribution in [3.05, 3.63) is 59.7 Å². The Hall–Kier alpha value is -2.22. The molecule has 1 fully saturated rings. The van der Waals surface area contributed by atoms with E-state index in [-0.39, 0.29) is 17.2 Å². The van der Waals surface area contributed by atoms with Gasteiger partial charge in [0, 0.05) is 24.3 Å². The Balaban J connectivity index is 1.73. The third-order valence-corrected chi connectivity index (χ3v) is 6.13. The summed E-state index contributed by atoms with van der Waals surface area (Å²) in [6.07, 6.45) is 0. The number of aryl methyl sites for hydroxylation is 1. The van der Waals surface area contributed by atoms with Gasteiger partial charge in [0.05, 0.1) is 24.7 Å². The highest BCUT2D eigenvalue weighted by atomic mass is 32.2. The average molecular weight is 374 g/mol. The molecule has 1 N–H and O–H groups in total. The fourth-order valence-corrected chi connectivity index (χ4v) is 4.26. The minimum Gasteiger partial charge on any atom is -0.379 e. The predicted octanol–water partition coefficient (Wildman–Crippen LogP) is 2.31. The Morgan fingerprint density at radius 1 is 1.12 bits per heavy atom. The monoisotopic (exact) mass is 374 g/mol. The second kappa shape index (κ2) is 7.99. The minimum atomic E-state index is -3.61. The Morgan fingerprint density at radius 2 is 1.85 bits per heavy atom. The molecule has 0 aromatic heterocycles. The highest BCUT2D eigenvalue weighted by Crippen LogP contribution is 2.19. The van der Waals surface area contributed by atoms with E-state index in [1.807, 2.05) is 31.2 Å². The highest BCUT2D eigenvalue weighted by Gasteiger charge is 2.26. The first-order valence-corrected chi connectivity index (χ1v) is 9.92. The maximum Gasteiger partial charge on any atom is 0.243 e. The summed E-state index contributed by atoms with van der Waals surface area (Å²) in [4.78, 5) is 12.6. The fraction of sp³-hybridized carbons (Fsp3) is 0.316. The Kier molecular flexibility index (Phi) is 5.70. The van der Waals surface area contributed by atoms with Gasteiger partial charge in [-0.15, -0.1) is 0 Å². The number of Topliss-reactive ketones (excluding diaryl/α,β-unsaturated/α-hetero) is 1. The van der Waals surface area contributed by atoms with Gasteiger partial charge in [0.25, 0.3) is 0 Å². The van der Waals surface area contributed by atoms with Crippen LogP contribution >= 0.6 is 0 Å². The zero-order valence-electron chi connectivity index (χ0n) is 14.6. The van der Waals surface area contributed by atoms with Crippen molar-refractivity contribution in [2.24, 2.45) is 0 Å². The van der Waals surface area contributed by atoms with Crippen LogP contribution in [0.25, 0.3) is 0 Å². The van der Waals surface area contributed by atoms with Crippen molar-refractivity contribution >= 4 is 21.5 Å². The summed E-state index contributed by atoms with van der Waals surface area (Å²) in [5, 5.41) is 3.08. The lowest BCUT2D eigenvalue weighted by Crippen LogP contribution is -2.40. The molecule has 2 aromatic rings. The van der Waals surface area contributed by atoms with Crippen molar-refractivity contribution in [2.45, 2.75) is 11.8 Å². The van der Waals surface area contributed by atoms with E-state index in [0.717, 1.165) is 11.3 Å². The van der Waals surface area contributed by atoms with E-state index in [4.69, 9.17) is 4.74 Å². The molecule has 0 spiro atoms. The maximum atomic E-state index is 12.7. The number of morpholine rings is 1. The summed E-state index contributed by atoms with van der Waals surface area (Å²) >= 11 is 0. The first-order valence-electron chi connectivity index (χ1n) is 8.48. The molecule has 7 heteroatoms. The van der Waals surface area contributed by atoms with Crippen molar-refractivity contribution < 1.29 is 17.9 Å². The van der Waals surface area contributed by atoms with Gasteiger partial charge < -0.3 is 10.1 Å². The molecular weight excluding hydrogens is 352 g/mol. The van der Waals surface area contributed by atoms with Crippen LogP contribution in [-0.2, 0) is 14.8 Å². The van der Waals surface area contributed by atoms with Crippen molar-refractivity contribution in [3.8, 4) is 0 Å². The van der Waals surface area contributed by atoms with Gasteiger partial charge in [0.15, 0.2) is 5.78 Å². The van der Waals surface area contributed by atoms with E-state index in [1.54, 1.807) is 12.1 Å². The molecule has 1 heterocycles. The lowest BCUT2D eigenvalue weighted by Gasteiger charge is -2.26. The zero-order valence-corrected chi connectivity index (χ0v) is 15.5. The van der Waals surface area contributed by atoms with E-state index in [1.165, 1.54) is 16.4 Å². The molecule has 1 saturated heterocycles. The Bertz CT molecular complexity index is 890. The molecule has 26 heavy (non-hydrogen) atoms. The van der Waals surface area contributed by atoms with Crippen LogP contribution in [-0.4, -0.2) is 51.4 Å². The average Bonchev–Trinajstić information content (AvgIpc) is 2.67.